The van der Waals surface area contributed by atoms with Crippen LogP contribution < -0.4 is 5.32 Å². The van der Waals surface area contributed by atoms with Crippen molar-refractivity contribution in [3.05, 3.63) is 60.2 Å². The molecule has 6 heteroatoms. The number of hydrogen-bond acceptors (Lipinski definition) is 4. The van der Waals surface area contributed by atoms with E-state index in [0.717, 1.165) is 34.4 Å². The number of benzene rings is 2. The van der Waals surface area contributed by atoms with E-state index in [9.17, 15) is 14.4 Å². The number of nitrogens with one attached hydrogen (secondary N) is 1. The van der Waals surface area contributed by atoms with E-state index in [2.05, 4.69) is 5.32 Å². The van der Waals surface area contributed by atoms with Crippen LogP contribution in [0.15, 0.2) is 54.6 Å². The molecular formula is C22H22N2O4. The molecule has 28 heavy (non-hydrogen) atoms. The van der Waals surface area contributed by atoms with Gasteiger partial charge in [-0.25, -0.2) is 4.79 Å². The molecule has 0 radical (unpaired) electrons. The first-order valence-corrected chi connectivity index (χ1v) is 9.41. The summed E-state index contributed by atoms with van der Waals surface area (Å²) in [7, 11) is 0. The second-order valence-corrected chi connectivity index (χ2v) is 7.52. The summed E-state index contributed by atoms with van der Waals surface area (Å²) in [6.07, 6.45) is 1.83. The van der Waals surface area contributed by atoms with E-state index in [1.807, 2.05) is 54.6 Å². The van der Waals surface area contributed by atoms with Gasteiger partial charge in [-0.15, -0.1) is 0 Å². The lowest BCUT2D eigenvalue weighted by Crippen LogP contribution is -2.46. The summed E-state index contributed by atoms with van der Waals surface area (Å²) >= 11 is 0. The summed E-state index contributed by atoms with van der Waals surface area (Å²) in [5.74, 6) is -0.784. The van der Waals surface area contributed by atoms with Crippen LogP contribution in [0, 0.1) is 5.92 Å². The number of rotatable bonds is 6. The molecule has 144 valence electrons. The molecule has 1 aliphatic heterocycles. The van der Waals surface area contributed by atoms with Gasteiger partial charge in [0.2, 0.25) is 0 Å². The highest BCUT2D eigenvalue weighted by Crippen LogP contribution is 2.42. The summed E-state index contributed by atoms with van der Waals surface area (Å²) in [5.41, 5.74) is 2.15. The van der Waals surface area contributed by atoms with Gasteiger partial charge in [0.05, 0.1) is 0 Å². The molecule has 2 aromatic rings. The molecule has 0 unspecified atom stereocenters. The van der Waals surface area contributed by atoms with Crippen LogP contribution in [0.1, 0.15) is 25.3 Å². The van der Waals surface area contributed by atoms with Crippen LogP contribution in [0.5, 0.6) is 0 Å². The monoisotopic (exact) mass is 378 g/mol. The molecule has 2 aliphatic rings. The number of hydrogen-bond donors (Lipinski definition) is 1. The van der Waals surface area contributed by atoms with Gasteiger partial charge in [0, 0.05) is 0 Å². The van der Waals surface area contributed by atoms with E-state index in [1.54, 1.807) is 6.92 Å². The molecule has 6 nitrogen and oxygen atoms in total. The summed E-state index contributed by atoms with van der Waals surface area (Å²) < 4.78 is 5.26. The van der Waals surface area contributed by atoms with E-state index < -0.39 is 17.5 Å². The van der Waals surface area contributed by atoms with Crippen molar-refractivity contribution in [2.75, 3.05) is 6.54 Å². The summed E-state index contributed by atoms with van der Waals surface area (Å²) in [6.45, 7) is 1.46. The summed E-state index contributed by atoms with van der Waals surface area (Å²) in [5, 5.41) is 2.72. The molecule has 1 heterocycles. The Morgan fingerprint density at radius 3 is 2.36 bits per heavy atom. The number of carbonyl (C=O) groups excluding carboxylic acids is 3. The van der Waals surface area contributed by atoms with Gasteiger partial charge in [-0.3, -0.25) is 14.5 Å². The lowest BCUT2D eigenvalue weighted by Gasteiger charge is -2.20. The quantitative estimate of drug-likeness (QED) is 0.619. The summed E-state index contributed by atoms with van der Waals surface area (Å²) in [6, 6.07) is 17.2. The fourth-order valence-electron chi connectivity index (χ4n) is 3.56. The zero-order chi connectivity index (χ0) is 19.7. The van der Waals surface area contributed by atoms with Crippen LogP contribution in [0.4, 0.5) is 4.79 Å². The van der Waals surface area contributed by atoms with Gasteiger partial charge in [0.15, 0.2) is 0 Å². The average molecular weight is 378 g/mol. The number of imide groups is 1. The minimum absolute atomic E-state index is 0.0947. The molecule has 2 fully saturated rings. The molecule has 0 bridgehead atoms. The molecule has 3 amide bonds. The number of carbonyl (C=O) groups is 3. The van der Waals surface area contributed by atoms with Crippen LogP contribution in [-0.4, -0.2) is 34.9 Å². The predicted molar refractivity (Wildman–Crippen MR) is 103 cm³/mol. The number of amides is 3. The highest BCUT2D eigenvalue weighted by atomic mass is 16.5. The number of esters is 1. The van der Waals surface area contributed by atoms with Crippen LogP contribution in [0.25, 0.3) is 11.1 Å². The van der Waals surface area contributed by atoms with E-state index in [4.69, 9.17) is 4.74 Å². The van der Waals surface area contributed by atoms with Crippen molar-refractivity contribution in [1.29, 1.82) is 0 Å². The van der Waals surface area contributed by atoms with Crippen LogP contribution in [0.2, 0.25) is 0 Å². The Kier molecular flexibility index (Phi) is 4.63. The topological polar surface area (TPSA) is 75.7 Å². The molecular weight excluding hydrogens is 356 g/mol. The van der Waals surface area contributed by atoms with Gasteiger partial charge < -0.3 is 10.1 Å². The molecule has 1 saturated heterocycles. The highest BCUT2D eigenvalue weighted by Gasteiger charge is 2.56. The zero-order valence-electron chi connectivity index (χ0n) is 15.7. The second-order valence-electron chi connectivity index (χ2n) is 7.52. The third-order valence-electron chi connectivity index (χ3n) is 5.44. The standard InChI is InChI=1S/C22H22N2O4/c1-22(18-11-12-18)20(26)24(21(27)23-22)13-19(25)28-14-15-7-9-17(10-8-15)16-5-3-2-4-6-16/h2-10,18H,11-14H2,1H3,(H,23,27)/t22-/m1/s1. The van der Waals surface area contributed by atoms with Crippen LogP contribution in [0.3, 0.4) is 0 Å². The van der Waals surface area contributed by atoms with Crippen molar-refractivity contribution in [1.82, 2.24) is 10.2 Å². The minimum Gasteiger partial charge on any atom is -0.459 e. The SMILES string of the molecule is C[C@]1(C2CC2)NC(=O)N(CC(=O)OCc2ccc(-c3ccccc3)cc2)C1=O. The van der Waals surface area contributed by atoms with Crippen molar-refractivity contribution in [2.45, 2.75) is 31.9 Å². The molecule has 4 rings (SSSR count). The fraction of sp³-hybridized carbons (Fsp3) is 0.318. The first kappa shape index (κ1) is 18.2. The highest BCUT2D eigenvalue weighted by molar-refractivity contribution is 6.08. The Morgan fingerprint density at radius 1 is 1.07 bits per heavy atom. The normalized spacial score (nSPS) is 21.5. The van der Waals surface area contributed by atoms with Gasteiger partial charge in [0.25, 0.3) is 5.91 Å². The molecule has 1 atom stereocenters. The Balaban J connectivity index is 1.32. The fourth-order valence-corrected chi connectivity index (χ4v) is 3.56. The molecule has 1 N–H and O–H groups in total. The smallest absolute Gasteiger partial charge is 0.326 e. The number of urea groups is 1. The Hall–Kier alpha value is -3.15. The third kappa shape index (κ3) is 3.50. The van der Waals surface area contributed by atoms with E-state index in [-0.39, 0.29) is 25.0 Å². The predicted octanol–water partition coefficient (Wildman–Crippen LogP) is 3.12. The second kappa shape index (κ2) is 7.11. The third-order valence-corrected chi connectivity index (χ3v) is 5.44. The van der Waals surface area contributed by atoms with E-state index in [0.29, 0.717) is 0 Å². The first-order valence-electron chi connectivity index (χ1n) is 9.41. The Morgan fingerprint density at radius 2 is 1.71 bits per heavy atom. The maximum Gasteiger partial charge on any atom is 0.326 e. The molecule has 1 aliphatic carbocycles. The minimum atomic E-state index is -0.884. The zero-order valence-corrected chi connectivity index (χ0v) is 15.7. The van der Waals surface area contributed by atoms with Crippen molar-refractivity contribution in [3.63, 3.8) is 0 Å². The molecule has 1 saturated carbocycles. The van der Waals surface area contributed by atoms with E-state index >= 15 is 0 Å². The Labute approximate surface area is 163 Å². The lowest BCUT2D eigenvalue weighted by molar-refractivity contribution is -0.148. The molecule has 0 spiro atoms. The maximum absolute atomic E-state index is 12.5. The molecule has 2 aromatic carbocycles. The van der Waals surface area contributed by atoms with Gasteiger partial charge in [-0.1, -0.05) is 54.6 Å². The van der Waals surface area contributed by atoms with Crippen molar-refractivity contribution < 1.29 is 19.1 Å². The van der Waals surface area contributed by atoms with Crippen molar-refractivity contribution >= 4 is 17.9 Å². The largest absolute Gasteiger partial charge is 0.459 e. The van der Waals surface area contributed by atoms with Gasteiger partial charge in [-0.05, 0) is 42.4 Å². The van der Waals surface area contributed by atoms with Crippen molar-refractivity contribution in [3.8, 4) is 11.1 Å². The van der Waals surface area contributed by atoms with Crippen LogP contribution >= 0.6 is 0 Å². The van der Waals surface area contributed by atoms with E-state index in [1.165, 1.54) is 0 Å². The average Bonchev–Trinajstić information content (AvgIpc) is 3.54. The van der Waals surface area contributed by atoms with Crippen molar-refractivity contribution in [2.24, 2.45) is 5.92 Å². The molecule has 0 aromatic heterocycles. The summed E-state index contributed by atoms with van der Waals surface area (Å²) in [4.78, 5) is 37.7. The first-order chi connectivity index (χ1) is 13.5. The van der Waals surface area contributed by atoms with Gasteiger partial charge in [-0.2, -0.15) is 0 Å². The van der Waals surface area contributed by atoms with Gasteiger partial charge >= 0.3 is 12.0 Å². The van der Waals surface area contributed by atoms with Gasteiger partial charge in [0.1, 0.15) is 18.7 Å². The lowest BCUT2D eigenvalue weighted by atomic mass is 9.96. The Bertz CT molecular complexity index is 906. The number of nitrogens with zero attached hydrogens (tertiary/aromatic N) is 1. The number of ether oxygens (including phenoxy) is 1. The van der Waals surface area contributed by atoms with Crippen LogP contribution in [-0.2, 0) is 20.9 Å². The maximum atomic E-state index is 12.5.